The second-order valence-corrected chi connectivity index (χ2v) is 12.2. The lowest BCUT2D eigenvalue weighted by Gasteiger charge is -2.30. The van der Waals surface area contributed by atoms with Crippen LogP contribution < -0.4 is 0 Å². The lowest BCUT2D eigenvalue weighted by molar-refractivity contribution is 0.244. The molecule has 0 spiro atoms. The Labute approximate surface area is 233 Å². The molecule has 2 aliphatic carbocycles. The third-order valence-corrected chi connectivity index (χ3v) is 9.13. The number of aliphatic hydroxyl groups is 1. The van der Waals surface area contributed by atoms with Crippen molar-refractivity contribution < 1.29 is 10.2 Å². The molecular weight excluding hydrogens is 464 g/mol. The molecular formula is C36H52O2. The summed E-state index contributed by atoms with van der Waals surface area (Å²) in [6, 6.07) is 7.68. The van der Waals surface area contributed by atoms with Crippen LogP contribution in [0.15, 0.2) is 60.9 Å². The number of aliphatic hydroxyl groups excluding tert-OH is 1. The number of phenols is 1. The lowest BCUT2D eigenvalue weighted by Crippen LogP contribution is -2.18. The summed E-state index contributed by atoms with van der Waals surface area (Å²) in [6.45, 7) is 12.6. The van der Waals surface area contributed by atoms with Crippen LogP contribution >= 0.6 is 0 Å². The van der Waals surface area contributed by atoms with Crippen molar-refractivity contribution in [1.29, 1.82) is 0 Å². The first-order valence-electron chi connectivity index (χ1n) is 15.4. The summed E-state index contributed by atoms with van der Waals surface area (Å²) in [6.07, 6.45) is 21.5. The van der Waals surface area contributed by atoms with Crippen LogP contribution in [0.2, 0.25) is 0 Å². The highest BCUT2D eigenvalue weighted by molar-refractivity contribution is 5.35. The van der Waals surface area contributed by atoms with Crippen LogP contribution in [0.3, 0.4) is 0 Å². The van der Waals surface area contributed by atoms with Crippen molar-refractivity contribution in [2.75, 3.05) is 0 Å². The minimum absolute atomic E-state index is 0.0542. The first-order chi connectivity index (χ1) is 18.4. The molecule has 0 bridgehead atoms. The van der Waals surface area contributed by atoms with Gasteiger partial charge >= 0.3 is 0 Å². The fourth-order valence-corrected chi connectivity index (χ4v) is 6.80. The van der Waals surface area contributed by atoms with Crippen molar-refractivity contribution in [3.8, 4) is 17.6 Å². The summed E-state index contributed by atoms with van der Waals surface area (Å²) < 4.78 is 0. The Kier molecular flexibility index (Phi) is 12.6. The van der Waals surface area contributed by atoms with Crippen LogP contribution in [-0.4, -0.2) is 10.2 Å². The molecule has 0 amide bonds. The molecule has 2 heteroatoms. The molecule has 0 heterocycles. The summed E-state index contributed by atoms with van der Waals surface area (Å²) in [5, 5.41) is 19.5. The van der Waals surface area contributed by atoms with E-state index >= 15 is 0 Å². The molecule has 1 aromatic rings. The Bertz CT molecular complexity index is 943. The second kappa shape index (κ2) is 15.9. The summed E-state index contributed by atoms with van der Waals surface area (Å²) in [7, 11) is 0. The molecule has 3 rings (SSSR count). The molecule has 0 saturated heterocycles. The molecule has 2 atom stereocenters. The van der Waals surface area contributed by atoms with Crippen molar-refractivity contribution in [3.63, 3.8) is 0 Å². The Morgan fingerprint density at radius 2 is 1.29 bits per heavy atom. The molecule has 2 nitrogen and oxygen atoms in total. The van der Waals surface area contributed by atoms with Crippen LogP contribution in [0.25, 0.3) is 0 Å². The second-order valence-electron chi connectivity index (χ2n) is 12.2. The van der Waals surface area contributed by atoms with Gasteiger partial charge in [-0.1, -0.05) is 134 Å². The molecule has 2 saturated carbocycles. The molecule has 38 heavy (non-hydrogen) atoms. The van der Waals surface area contributed by atoms with Gasteiger partial charge in [0.05, 0.1) is 0 Å². The van der Waals surface area contributed by atoms with Crippen LogP contribution in [0, 0.1) is 41.4 Å². The average Bonchev–Trinajstić information content (AvgIpc) is 2.91. The molecule has 2 unspecified atom stereocenters. The number of rotatable bonds is 12. The third-order valence-electron chi connectivity index (χ3n) is 9.13. The van der Waals surface area contributed by atoms with Crippen LogP contribution in [-0.2, 0) is 0 Å². The minimum Gasteiger partial charge on any atom is -0.509 e. The van der Waals surface area contributed by atoms with Crippen LogP contribution in [0.4, 0.5) is 0 Å². The zero-order valence-corrected chi connectivity index (χ0v) is 24.1. The minimum atomic E-state index is 0.0542. The highest BCUT2D eigenvalue weighted by Gasteiger charge is 2.25. The zero-order chi connectivity index (χ0) is 27.3. The largest absolute Gasteiger partial charge is 0.509 e. The van der Waals surface area contributed by atoms with E-state index < -0.39 is 0 Å². The van der Waals surface area contributed by atoms with Crippen molar-refractivity contribution in [2.24, 2.45) is 29.6 Å². The van der Waals surface area contributed by atoms with Gasteiger partial charge in [0, 0.05) is 11.8 Å². The van der Waals surface area contributed by atoms with Gasteiger partial charge < -0.3 is 10.2 Å². The molecule has 208 valence electrons. The van der Waals surface area contributed by atoms with Gasteiger partial charge in [-0.3, -0.25) is 0 Å². The van der Waals surface area contributed by atoms with Crippen LogP contribution in [0.1, 0.15) is 115 Å². The molecule has 0 radical (unpaired) electrons. The van der Waals surface area contributed by atoms with E-state index in [0.29, 0.717) is 17.6 Å². The quantitative estimate of drug-likeness (QED) is 0.165. The molecule has 1 aromatic carbocycles. The van der Waals surface area contributed by atoms with E-state index in [1.54, 1.807) is 18.2 Å². The summed E-state index contributed by atoms with van der Waals surface area (Å²) in [5.41, 5.74) is 2.17. The van der Waals surface area contributed by atoms with E-state index in [1.807, 2.05) is 18.2 Å². The van der Waals surface area contributed by atoms with Gasteiger partial charge in [-0.2, -0.15) is 0 Å². The predicted molar refractivity (Wildman–Crippen MR) is 162 cm³/mol. The molecule has 2 aliphatic rings. The first-order valence-corrected chi connectivity index (χ1v) is 15.4. The molecule has 2 N–H and O–H groups in total. The highest BCUT2D eigenvalue weighted by atomic mass is 16.3. The predicted octanol–water partition coefficient (Wildman–Crippen LogP) is 10.3. The maximum Gasteiger partial charge on any atom is 0.115 e. The first kappa shape index (κ1) is 30.1. The number of aromatic hydroxyl groups is 1. The molecule has 0 aromatic heterocycles. The fraction of sp³-hybridized carbons (Fsp3) is 0.611. The van der Waals surface area contributed by atoms with Gasteiger partial charge in [0.25, 0.3) is 0 Å². The molecule has 0 aliphatic heterocycles. The molecule has 2 fully saturated rings. The van der Waals surface area contributed by atoms with Gasteiger partial charge in [-0.25, -0.2) is 0 Å². The number of allylic oxidation sites excluding steroid dienone is 3. The maximum atomic E-state index is 9.89. The average molecular weight is 517 g/mol. The monoisotopic (exact) mass is 516 g/mol. The fourth-order valence-electron chi connectivity index (χ4n) is 6.80. The summed E-state index contributed by atoms with van der Waals surface area (Å²) in [5.74, 6) is 11.2. The highest BCUT2D eigenvalue weighted by Crippen LogP contribution is 2.38. The Balaban J connectivity index is 1.77. The van der Waals surface area contributed by atoms with E-state index in [2.05, 4.69) is 38.8 Å². The Hall–Kier alpha value is -2.40. The van der Waals surface area contributed by atoms with E-state index in [0.717, 1.165) is 30.3 Å². The lowest BCUT2D eigenvalue weighted by atomic mass is 9.75. The van der Waals surface area contributed by atoms with Crippen LogP contribution in [0.5, 0.6) is 5.75 Å². The smallest absolute Gasteiger partial charge is 0.115 e. The normalized spacial score (nSPS) is 25.3. The Morgan fingerprint density at radius 3 is 1.79 bits per heavy atom. The van der Waals surface area contributed by atoms with Gasteiger partial charge in [-0.05, 0) is 65.9 Å². The Morgan fingerprint density at radius 1 is 0.789 bits per heavy atom. The summed E-state index contributed by atoms with van der Waals surface area (Å²) >= 11 is 0. The van der Waals surface area contributed by atoms with Gasteiger partial charge in [0.2, 0.25) is 0 Å². The van der Waals surface area contributed by atoms with E-state index in [9.17, 15) is 10.2 Å². The van der Waals surface area contributed by atoms with Crippen molar-refractivity contribution in [1.82, 2.24) is 0 Å². The summed E-state index contributed by atoms with van der Waals surface area (Å²) in [4.78, 5) is 0. The standard InChI is InChI=1S/C36H52O2/c1-5-7-29-11-15-31(16-12-29)25-34(27(3)9-10-28(4)37)19-20-35(33-21-23-36(38)24-22-33)26-32-17-13-30(8-6-2)14-18-32/h9-10,21-24,29-32,34-35,37-38H,3-8,11-18,25-26H2,1-2H3/b10-9-. The zero-order valence-electron chi connectivity index (χ0n) is 24.1. The SMILES string of the molecule is C=C(O)/C=C\C(=C)C(C#CC(CC1CCC(CCC)CC1)c1ccc(O)cc1)CC1CCC(CCC)CC1. The van der Waals surface area contributed by atoms with E-state index in [-0.39, 0.29) is 17.6 Å². The maximum absolute atomic E-state index is 9.89. The van der Waals surface area contributed by atoms with Crippen molar-refractivity contribution in [2.45, 2.75) is 110 Å². The van der Waals surface area contributed by atoms with E-state index in [1.165, 1.54) is 82.6 Å². The van der Waals surface area contributed by atoms with Gasteiger partial charge in [0.15, 0.2) is 0 Å². The van der Waals surface area contributed by atoms with Crippen molar-refractivity contribution >= 4 is 0 Å². The number of benzene rings is 1. The number of phenolic OH excluding ortho intramolecular Hbond substituents is 1. The van der Waals surface area contributed by atoms with Crippen molar-refractivity contribution in [3.05, 3.63) is 66.5 Å². The number of hydrogen-bond acceptors (Lipinski definition) is 2. The van der Waals surface area contributed by atoms with E-state index in [4.69, 9.17) is 0 Å². The topological polar surface area (TPSA) is 40.5 Å². The van der Waals surface area contributed by atoms with Gasteiger partial charge in [-0.15, -0.1) is 0 Å². The van der Waals surface area contributed by atoms with Gasteiger partial charge in [0.1, 0.15) is 11.5 Å². The third kappa shape index (κ3) is 10.1. The number of hydrogen-bond donors (Lipinski definition) is 2.